The molecule has 0 spiro atoms. The number of hydrogen-bond donors (Lipinski definition) is 1. The van der Waals surface area contributed by atoms with E-state index in [4.69, 9.17) is 4.74 Å². The van der Waals surface area contributed by atoms with E-state index >= 15 is 0 Å². The van der Waals surface area contributed by atoms with E-state index in [2.05, 4.69) is 0 Å². The van der Waals surface area contributed by atoms with Crippen LogP contribution in [0.25, 0.3) is 0 Å². The summed E-state index contributed by atoms with van der Waals surface area (Å²) in [7, 11) is 0. The summed E-state index contributed by atoms with van der Waals surface area (Å²) in [6.45, 7) is 3.81. The van der Waals surface area contributed by atoms with Crippen molar-refractivity contribution < 1.29 is 19.4 Å². The lowest BCUT2D eigenvalue weighted by molar-refractivity contribution is -0.136. The van der Waals surface area contributed by atoms with Gasteiger partial charge in [0.2, 0.25) is 5.91 Å². The molecule has 1 fully saturated rings. The Morgan fingerprint density at radius 3 is 2.73 bits per heavy atom. The normalized spacial score (nSPS) is 20.6. The zero-order chi connectivity index (χ0) is 16.1. The van der Waals surface area contributed by atoms with Crippen LogP contribution >= 0.6 is 0 Å². The molecular weight excluding hydrogens is 282 g/mol. The molecule has 5 heteroatoms. The second kappa shape index (κ2) is 7.40. The number of benzene rings is 1. The van der Waals surface area contributed by atoms with E-state index in [1.807, 2.05) is 37.3 Å². The highest BCUT2D eigenvalue weighted by atomic mass is 16.6. The molecule has 1 N–H and O–H groups in total. The minimum absolute atomic E-state index is 0.204. The third-order valence-corrected chi connectivity index (χ3v) is 4.06. The minimum atomic E-state index is -0.733. The fraction of sp³-hybridized carbons (Fsp3) is 0.529. The minimum Gasteiger partial charge on any atom is -0.447 e. The van der Waals surface area contributed by atoms with Gasteiger partial charge in [0.25, 0.3) is 0 Å². The van der Waals surface area contributed by atoms with Crippen LogP contribution in [0.2, 0.25) is 0 Å². The molecule has 1 aromatic carbocycles. The predicted octanol–water partition coefficient (Wildman–Crippen LogP) is 2.37. The number of carbonyl (C=O) groups excluding carboxylic acids is 2. The molecule has 2 amide bonds. The zero-order valence-corrected chi connectivity index (χ0v) is 13.1. The van der Waals surface area contributed by atoms with Crippen LogP contribution in [0, 0.1) is 5.92 Å². The van der Waals surface area contributed by atoms with Gasteiger partial charge < -0.3 is 9.84 Å². The highest BCUT2D eigenvalue weighted by molar-refractivity contribution is 5.94. The maximum Gasteiger partial charge on any atom is 0.416 e. The molecular formula is C17H23NO4. The Balaban J connectivity index is 2.09. The number of rotatable bonds is 6. The van der Waals surface area contributed by atoms with Gasteiger partial charge in [0.05, 0.1) is 18.1 Å². The Morgan fingerprint density at radius 2 is 2.09 bits per heavy atom. The van der Waals surface area contributed by atoms with Crippen LogP contribution in [0.5, 0.6) is 0 Å². The smallest absolute Gasteiger partial charge is 0.416 e. The van der Waals surface area contributed by atoms with Crippen molar-refractivity contribution in [1.82, 2.24) is 4.90 Å². The summed E-state index contributed by atoms with van der Waals surface area (Å²) in [6, 6.07) is 9.38. The molecule has 0 aromatic heterocycles. The molecule has 22 heavy (non-hydrogen) atoms. The Kier molecular flexibility index (Phi) is 5.55. The molecule has 3 atom stereocenters. The van der Waals surface area contributed by atoms with Gasteiger partial charge >= 0.3 is 6.09 Å². The SMILES string of the molecule is CCC[C@@H](O)[C@H](C)C(=O)N1C(=O)OC[C@@H]1Cc1ccccc1. The third kappa shape index (κ3) is 3.65. The van der Waals surface area contributed by atoms with Gasteiger partial charge in [0, 0.05) is 0 Å². The number of amides is 2. The molecule has 0 radical (unpaired) electrons. The molecule has 0 unspecified atom stereocenters. The van der Waals surface area contributed by atoms with E-state index in [1.54, 1.807) is 6.92 Å². The Morgan fingerprint density at radius 1 is 1.41 bits per heavy atom. The number of hydrogen-bond acceptors (Lipinski definition) is 4. The quantitative estimate of drug-likeness (QED) is 0.876. The molecule has 5 nitrogen and oxygen atoms in total. The van der Waals surface area contributed by atoms with Crippen molar-refractivity contribution in [2.24, 2.45) is 5.92 Å². The highest BCUT2D eigenvalue weighted by Gasteiger charge is 2.40. The number of nitrogens with zero attached hydrogens (tertiary/aromatic N) is 1. The van der Waals surface area contributed by atoms with E-state index in [1.165, 1.54) is 4.90 Å². The molecule has 2 rings (SSSR count). The van der Waals surface area contributed by atoms with Crippen LogP contribution in [0.4, 0.5) is 4.79 Å². The van der Waals surface area contributed by atoms with Crippen molar-refractivity contribution in [3.63, 3.8) is 0 Å². The molecule has 1 saturated heterocycles. The molecule has 0 aliphatic carbocycles. The van der Waals surface area contributed by atoms with Crippen LogP contribution in [0.15, 0.2) is 30.3 Å². The van der Waals surface area contributed by atoms with Gasteiger partial charge in [0.1, 0.15) is 6.61 Å². The lowest BCUT2D eigenvalue weighted by Crippen LogP contribution is -2.45. The first-order valence-corrected chi connectivity index (χ1v) is 7.76. The van der Waals surface area contributed by atoms with E-state index in [0.717, 1.165) is 12.0 Å². The number of ether oxygens (including phenoxy) is 1. The largest absolute Gasteiger partial charge is 0.447 e. The van der Waals surface area contributed by atoms with Crippen LogP contribution in [0.3, 0.4) is 0 Å². The van der Waals surface area contributed by atoms with Gasteiger partial charge in [-0.1, -0.05) is 50.6 Å². The summed E-state index contributed by atoms with van der Waals surface area (Å²) >= 11 is 0. The van der Waals surface area contributed by atoms with Crippen LogP contribution < -0.4 is 0 Å². The summed E-state index contributed by atoms with van der Waals surface area (Å²) in [6.07, 6.45) is 0.551. The summed E-state index contributed by atoms with van der Waals surface area (Å²) in [4.78, 5) is 25.6. The van der Waals surface area contributed by atoms with Crippen molar-refractivity contribution in [2.75, 3.05) is 6.61 Å². The highest BCUT2D eigenvalue weighted by Crippen LogP contribution is 2.22. The van der Waals surface area contributed by atoms with Gasteiger partial charge in [-0.05, 0) is 18.4 Å². The number of aliphatic hydroxyl groups is 1. The monoisotopic (exact) mass is 305 g/mol. The second-order valence-corrected chi connectivity index (χ2v) is 5.77. The summed E-state index contributed by atoms with van der Waals surface area (Å²) in [5.74, 6) is -0.965. The fourth-order valence-electron chi connectivity index (χ4n) is 2.70. The molecule has 0 bridgehead atoms. The standard InChI is InChI=1S/C17H23NO4/c1-3-7-15(19)12(2)16(20)18-14(11-22-17(18)21)10-13-8-5-4-6-9-13/h4-6,8-9,12,14-15,19H,3,7,10-11H2,1-2H3/t12-,14-,15+/m0/s1. The van der Waals surface area contributed by atoms with Crippen LogP contribution in [0.1, 0.15) is 32.3 Å². The van der Waals surface area contributed by atoms with Crippen molar-refractivity contribution >= 4 is 12.0 Å². The van der Waals surface area contributed by atoms with Crippen molar-refractivity contribution in [3.8, 4) is 0 Å². The Hall–Kier alpha value is -1.88. The number of aliphatic hydroxyl groups excluding tert-OH is 1. The van der Waals surface area contributed by atoms with Crippen molar-refractivity contribution in [3.05, 3.63) is 35.9 Å². The Bertz CT molecular complexity index is 517. The average Bonchev–Trinajstić information content (AvgIpc) is 2.87. The summed E-state index contributed by atoms with van der Waals surface area (Å²) < 4.78 is 5.05. The maximum absolute atomic E-state index is 12.5. The van der Waals surface area contributed by atoms with Crippen molar-refractivity contribution in [2.45, 2.75) is 45.3 Å². The molecule has 1 aliphatic rings. The van der Waals surface area contributed by atoms with E-state index < -0.39 is 18.1 Å². The maximum atomic E-state index is 12.5. The molecule has 1 heterocycles. The van der Waals surface area contributed by atoms with E-state index in [9.17, 15) is 14.7 Å². The summed E-state index contributed by atoms with van der Waals surface area (Å²) in [5.41, 5.74) is 1.05. The second-order valence-electron chi connectivity index (χ2n) is 5.77. The predicted molar refractivity (Wildman–Crippen MR) is 82.2 cm³/mol. The van der Waals surface area contributed by atoms with Gasteiger partial charge in [-0.15, -0.1) is 0 Å². The van der Waals surface area contributed by atoms with E-state index in [0.29, 0.717) is 12.8 Å². The lowest BCUT2D eigenvalue weighted by atomic mass is 9.98. The number of cyclic esters (lactones) is 1. The molecule has 0 saturated carbocycles. The first-order chi connectivity index (χ1) is 10.5. The number of carbonyl (C=O) groups is 2. The van der Waals surface area contributed by atoms with Crippen LogP contribution in [-0.2, 0) is 16.0 Å². The molecule has 1 aliphatic heterocycles. The van der Waals surface area contributed by atoms with Gasteiger partial charge in [0.15, 0.2) is 0 Å². The lowest BCUT2D eigenvalue weighted by Gasteiger charge is -2.25. The first kappa shape index (κ1) is 16.5. The molecule has 1 aromatic rings. The van der Waals surface area contributed by atoms with Gasteiger partial charge in [-0.2, -0.15) is 0 Å². The Labute approximate surface area is 130 Å². The topological polar surface area (TPSA) is 66.8 Å². The zero-order valence-electron chi connectivity index (χ0n) is 13.1. The summed E-state index contributed by atoms with van der Waals surface area (Å²) in [5, 5.41) is 10.0. The van der Waals surface area contributed by atoms with E-state index in [-0.39, 0.29) is 18.6 Å². The van der Waals surface area contributed by atoms with Gasteiger partial charge in [-0.3, -0.25) is 4.79 Å². The molecule has 120 valence electrons. The first-order valence-electron chi connectivity index (χ1n) is 7.76. The van der Waals surface area contributed by atoms with Crippen LogP contribution in [-0.4, -0.2) is 40.8 Å². The fourth-order valence-corrected chi connectivity index (χ4v) is 2.70. The van der Waals surface area contributed by atoms with Gasteiger partial charge in [-0.25, -0.2) is 9.69 Å². The third-order valence-electron chi connectivity index (χ3n) is 4.06. The average molecular weight is 305 g/mol. The number of imide groups is 1. The van der Waals surface area contributed by atoms with Crippen molar-refractivity contribution in [1.29, 1.82) is 0 Å².